The Morgan fingerprint density at radius 2 is 2.00 bits per heavy atom. The lowest BCUT2D eigenvalue weighted by Gasteiger charge is -2.19. The second-order valence-corrected chi connectivity index (χ2v) is 8.35. The number of benzene rings is 1. The van der Waals surface area contributed by atoms with E-state index in [0.717, 1.165) is 16.4 Å². The third kappa shape index (κ3) is 6.81. The van der Waals surface area contributed by atoms with Crippen LogP contribution in [0.2, 0.25) is 5.02 Å². The highest BCUT2D eigenvalue weighted by Crippen LogP contribution is 2.23. The standard InChI is InChI=1S/C18H23ClINOS.ClH/c1-12(2)14-7-17(23-11-14)8-16(9-20)21-10-18(22)13-4-3-5-15(19)6-13;/h3-7,11-12,16,18,21-22H,8-10H2,1-2H3;1H. The van der Waals surface area contributed by atoms with Gasteiger partial charge in [-0.1, -0.05) is 60.2 Å². The van der Waals surface area contributed by atoms with Crippen molar-refractivity contribution in [1.29, 1.82) is 0 Å². The molecule has 1 aromatic carbocycles. The number of hydrogen-bond donors (Lipinski definition) is 2. The summed E-state index contributed by atoms with van der Waals surface area (Å²) in [6.07, 6.45) is 0.469. The van der Waals surface area contributed by atoms with Gasteiger partial charge in [0.15, 0.2) is 0 Å². The van der Waals surface area contributed by atoms with Crippen molar-refractivity contribution in [2.75, 3.05) is 11.0 Å². The zero-order valence-electron chi connectivity index (χ0n) is 13.8. The van der Waals surface area contributed by atoms with E-state index >= 15 is 0 Å². The summed E-state index contributed by atoms with van der Waals surface area (Å²) in [6.45, 7) is 4.99. The normalized spacial score (nSPS) is 13.6. The average molecular weight is 500 g/mol. The number of aliphatic hydroxyl groups is 1. The Labute approximate surface area is 173 Å². The fourth-order valence-corrected chi connectivity index (χ4v) is 4.29. The summed E-state index contributed by atoms with van der Waals surface area (Å²) in [4.78, 5) is 1.40. The van der Waals surface area contributed by atoms with Gasteiger partial charge in [-0.3, -0.25) is 0 Å². The molecule has 0 saturated heterocycles. The molecule has 0 aliphatic carbocycles. The van der Waals surface area contributed by atoms with Crippen LogP contribution in [-0.2, 0) is 6.42 Å². The molecule has 2 unspecified atom stereocenters. The van der Waals surface area contributed by atoms with Crippen molar-refractivity contribution in [2.45, 2.75) is 38.3 Å². The Hall–Kier alpha value is 0.150. The van der Waals surface area contributed by atoms with Crippen molar-refractivity contribution >= 4 is 57.9 Å². The van der Waals surface area contributed by atoms with E-state index in [4.69, 9.17) is 11.6 Å². The van der Waals surface area contributed by atoms with E-state index in [1.165, 1.54) is 10.4 Å². The van der Waals surface area contributed by atoms with Gasteiger partial charge >= 0.3 is 0 Å². The first-order chi connectivity index (χ1) is 11.0. The molecule has 1 heterocycles. The molecule has 1 aromatic heterocycles. The van der Waals surface area contributed by atoms with Gasteiger partial charge in [0.1, 0.15) is 0 Å². The molecule has 0 saturated carbocycles. The Balaban J connectivity index is 0.00000288. The van der Waals surface area contributed by atoms with Crippen LogP contribution in [0.4, 0.5) is 0 Å². The van der Waals surface area contributed by atoms with Crippen LogP contribution in [0.5, 0.6) is 0 Å². The van der Waals surface area contributed by atoms with Crippen LogP contribution in [0, 0.1) is 0 Å². The van der Waals surface area contributed by atoms with Gasteiger partial charge in [-0.25, -0.2) is 0 Å². The van der Waals surface area contributed by atoms with Crippen molar-refractivity contribution in [2.24, 2.45) is 0 Å². The molecule has 0 radical (unpaired) electrons. The van der Waals surface area contributed by atoms with Crippen LogP contribution in [0.3, 0.4) is 0 Å². The smallest absolute Gasteiger partial charge is 0.0915 e. The summed E-state index contributed by atoms with van der Waals surface area (Å²) in [5, 5.41) is 16.7. The molecular formula is C18H24Cl2INOS. The van der Waals surface area contributed by atoms with E-state index in [1.54, 1.807) is 0 Å². The lowest BCUT2D eigenvalue weighted by molar-refractivity contribution is 0.171. The SMILES string of the molecule is CC(C)c1csc(CC(CI)NCC(O)c2cccc(Cl)c2)c1.Cl. The highest BCUT2D eigenvalue weighted by Gasteiger charge is 2.14. The van der Waals surface area contributed by atoms with E-state index in [-0.39, 0.29) is 12.4 Å². The van der Waals surface area contributed by atoms with Gasteiger partial charge in [-0.05, 0) is 47.0 Å². The maximum Gasteiger partial charge on any atom is 0.0915 e. The van der Waals surface area contributed by atoms with Crippen LogP contribution in [0.15, 0.2) is 35.7 Å². The lowest BCUT2D eigenvalue weighted by Crippen LogP contribution is -2.35. The van der Waals surface area contributed by atoms with Crippen LogP contribution in [-0.4, -0.2) is 22.1 Å². The molecule has 134 valence electrons. The number of nitrogens with one attached hydrogen (secondary N) is 1. The molecule has 2 aromatic rings. The number of rotatable bonds is 8. The minimum atomic E-state index is -0.534. The van der Waals surface area contributed by atoms with E-state index in [1.807, 2.05) is 35.6 Å². The van der Waals surface area contributed by atoms with Crippen molar-refractivity contribution in [3.8, 4) is 0 Å². The molecule has 0 aliphatic rings. The Morgan fingerprint density at radius 3 is 2.58 bits per heavy atom. The quantitative estimate of drug-likeness (QED) is 0.365. The minimum absolute atomic E-state index is 0. The van der Waals surface area contributed by atoms with Gasteiger partial charge in [0.2, 0.25) is 0 Å². The van der Waals surface area contributed by atoms with Gasteiger partial charge in [0, 0.05) is 26.9 Å². The van der Waals surface area contributed by atoms with E-state index in [0.29, 0.717) is 23.5 Å². The van der Waals surface area contributed by atoms with E-state index in [9.17, 15) is 5.11 Å². The predicted molar refractivity (Wildman–Crippen MR) is 116 cm³/mol. The summed E-state index contributed by atoms with van der Waals surface area (Å²) < 4.78 is 1.01. The summed E-state index contributed by atoms with van der Waals surface area (Å²) in [5.74, 6) is 0.579. The Morgan fingerprint density at radius 1 is 1.25 bits per heavy atom. The van der Waals surface area contributed by atoms with Crippen molar-refractivity contribution in [3.05, 3.63) is 56.7 Å². The van der Waals surface area contributed by atoms with Crippen LogP contribution in [0.25, 0.3) is 0 Å². The number of alkyl halides is 1. The fraction of sp³-hybridized carbons (Fsp3) is 0.444. The van der Waals surface area contributed by atoms with Gasteiger partial charge in [-0.2, -0.15) is 0 Å². The molecule has 0 amide bonds. The third-order valence-electron chi connectivity index (χ3n) is 3.81. The number of thiophene rings is 1. The van der Waals surface area contributed by atoms with Crippen LogP contribution in [0.1, 0.15) is 41.9 Å². The first-order valence-electron chi connectivity index (χ1n) is 7.79. The van der Waals surface area contributed by atoms with Gasteiger partial charge in [-0.15, -0.1) is 23.7 Å². The van der Waals surface area contributed by atoms with Crippen molar-refractivity contribution < 1.29 is 5.11 Å². The molecule has 0 fully saturated rings. The van der Waals surface area contributed by atoms with Gasteiger partial charge in [0.25, 0.3) is 0 Å². The lowest BCUT2D eigenvalue weighted by atomic mass is 10.1. The molecule has 2 nitrogen and oxygen atoms in total. The predicted octanol–water partition coefficient (Wildman–Crippen LogP) is 5.62. The first-order valence-corrected chi connectivity index (χ1v) is 10.6. The summed E-state index contributed by atoms with van der Waals surface area (Å²) in [5.41, 5.74) is 2.27. The topological polar surface area (TPSA) is 32.3 Å². The highest BCUT2D eigenvalue weighted by molar-refractivity contribution is 14.1. The van der Waals surface area contributed by atoms with Gasteiger partial charge in [0.05, 0.1) is 6.10 Å². The molecule has 0 aliphatic heterocycles. The molecule has 2 atom stereocenters. The minimum Gasteiger partial charge on any atom is -0.387 e. The molecule has 0 spiro atoms. The summed E-state index contributed by atoms with van der Waals surface area (Å²) >= 11 is 10.2. The zero-order chi connectivity index (χ0) is 16.8. The number of halogens is 3. The maximum atomic E-state index is 10.3. The van der Waals surface area contributed by atoms with Crippen molar-refractivity contribution in [1.82, 2.24) is 5.32 Å². The largest absolute Gasteiger partial charge is 0.387 e. The van der Waals surface area contributed by atoms with E-state index in [2.05, 4.69) is 53.2 Å². The molecular weight excluding hydrogens is 476 g/mol. The fourth-order valence-electron chi connectivity index (χ4n) is 2.34. The zero-order valence-corrected chi connectivity index (χ0v) is 18.4. The Bertz CT molecular complexity index is 621. The monoisotopic (exact) mass is 499 g/mol. The molecule has 2 rings (SSSR count). The highest BCUT2D eigenvalue weighted by atomic mass is 127. The second-order valence-electron chi connectivity index (χ2n) is 6.04. The summed E-state index contributed by atoms with van der Waals surface area (Å²) in [7, 11) is 0. The molecule has 0 bridgehead atoms. The average Bonchev–Trinajstić information content (AvgIpc) is 3.00. The second kappa shape index (κ2) is 11.0. The molecule has 24 heavy (non-hydrogen) atoms. The number of hydrogen-bond acceptors (Lipinski definition) is 3. The van der Waals surface area contributed by atoms with Crippen LogP contribution < -0.4 is 5.32 Å². The maximum absolute atomic E-state index is 10.3. The number of aliphatic hydroxyl groups excluding tert-OH is 1. The van der Waals surface area contributed by atoms with E-state index < -0.39 is 6.10 Å². The van der Waals surface area contributed by atoms with Gasteiger partial charge < -0.3 is 10.4 Å². The van der Waals surface area contributed by atoms with Crippen LogP contribution >= 0.6 is 57.9 Å². The molecule has 2 N–H and O–H groups in total. The first kappa shape index (κ1) is 22.2. The van der Waals surface area contributed by atoms with Crippen molar-refractivity contribution in [3.63, 3.8) is 0 Å². The summed E-state index contributed by atoms with van der Waals surface area (Å²) in [6, 6.07) is 10.1. The third-order valence-corrected chi connectivity index (χ3v) is 6.08. The molecule has 6 heteroatoms. The Kier molecular flexibility index (Phi) is 10.2.